The highest BCUT2D eigenvalue weighted by atomic mass is 32.1. The van der Waals surface area contributed by atoms with Crippen LogP contribution in [0.25, 0.3) is 19.5 Å². The number of carbonyl (C=O) groups excluding carboxylic acids is 2. The molecule has 1 aromatic carbocycles. The quantitative estimate of drug-likeness (QED) is 0.420. The van der Waals surface area contributed by atoms with Gasteiger partial charge in [-0.15, -0.1) is 22.7 Å². The van der Waals surface area contributed by atoms with Crippen LogP contribution in [0, 0.1) is 17.2 Å². The van der Waals surface area contributed by atoms with E-state index in [2.05, 4.69) is 10.3 Å². The second-order valence-electron chi connectivity index (χ2n) is 5.53. The van der Waals surface area contributed by atoms with Crippen molar-refractivity contribution in [1.29, 1.82) is 5.26 Å². The molecule has 0 saturated carbocycles. The Morgan fingerprint density at radius 1 is 1.08 bits per heavy atom. The molecule has 0 aliphatic carbocycles. The van der Waals surface area contributed by atoms with Gasteiger partial charge in [-0.1, -0.05) is 24.3 Å². The minimum atomic E-state index is -1.41. The number of fused-ring (bicyclic) bond motifs is 3. The number of hydrogen-bond acceptors (Lipinski definition) is 6. The molecular formula is C19H11N3O2S2. The lowest BCUT2D eigenvalue weighted by molar-refractivity contribution is -0.117. The molecule has 1 atom stereocenters. The number of pyridine rings is 1. The lowest BCUT2D eigenvalue weighted by Crippen LogP contribution is -2.28. The lowest BCUT2D eigenvalue weighted by Gasteiger charge is -2.07. The Bertz CT molecular complexity index is 1170. The van der Waals surface area contributed by atoms with Crippen LogP contribution in [0.1, 0.15) is 9.67 Å². The Labute approximate surface area is 156 Å². The van der Waals surface area contributed by atoms with Crippen LogP contribution in [-0.4, -0.2) is 16.7 Å². The first-order chi connectivity index (χ1) is 12.7. The minimum absolute atomic E-state index is 0.309. The summed E-state index contributed by atoms with van der Waals surface area (Å²) in [5.74, 6) is -2.25. The summed E-state index contributed by atoms with van der Waals surface area (Å²) in [6.07, 6.45) is 1.53. The van der Waals surface area contributed by atoms with Crippen LogP contribution in [0.4, 0.5) is 5.82 Å². The van der Waals surface area contributed by atoms with Gasteiger partial charge in [-0.25, -0.2) is 4.98 Å². The molecule has 0 radical (unpaired) electrons. The molecule has 1 amide bonds. The predicted octanol–water partition coefficient (Wildman–Crippen LogP) is 4.47. The van der Waals surface area contributed by atoms with Crippen LogP contribution in [0.3, 0.4) is 0 Å². The molecule has 4 rings (SSSR count). The van der Waals surface area contributed by atoms with Crippen LogP contribution in [0.15, 0.2) is 54.7 Å². The Hall–Kier alpha value is -3.08. The van der Waals surface area contributed by atoms with E-state index in [1.165, 1.54) is 17.5 Å². The maximum Gasteiger partial charge on any atom is 0.250 e. The van der Waals surface area contributed by atoms with Crippen LogP contribution in [-0.2, 0) is 4.79 Å². The average Bonchev–Trinajstić information content (AvgIpc) is 3.21. The molecule has 26 heavy (non-hydrogen) atoms. The summed E-state index contributed by atoms with van der Waals surface area (Å²) in [7, 11) is 0. The summed E-state index contributed by atoms with van der Waals surface area (Å²) in [5, 5.41) is 13.0. The van der Waals surface area contributed by atoms with E-state index < -0.39 is 17.6 Å². The van der Waals surface area contributed by atoms with Crippen molar-refractivity contribution in [3.8, 4) is 6.07 Å². The molecule has 1 N–H and O–H groups in total. The van der Waals surface area contributed by atoms with Gasteiger partial charge in [-0.3, -0.25) is 9.59 Å². The Morgan fingerprint density at radius 2 is 1.88 bits per heavy atom. The molecule has 0 aliphatic rings. The van der Waals surface area contributed by atoms with E-state index in [0.717, 1.165) is 19.5 Å². The van der Waals surface area contributed by atoms with Gasteiger partial charge in [-0.2, -0.15) is 5.26 Å². The monoisotopic (exact) mass is 377 g/mol. The molecule has 0 unspecified atom stereocenters. The number of benzene rings is 1. The van der Waals surface area contributed by atoms with E-state index in [1.54, 1.807) is 35.6 Å². The first kappa shape index (κ1) is 16.4. The number of rotatable bonds is 4. The fraction of sp³-hybridized carbons (Fsp3) is 0.0526. The molecule has 126 valence electrons. The Kier molecular flexibility index (Phi) is 4.21. The minimum Gasteiger partial charge on any atom is -0.309 e. The van der Waals surface area contributed by atoms with Crippen molar-refractivity contribution >= 4 is 59.7 Å². The molecule has 0 fully saturated rings. The van der Waals surface area contributed by atoms with Gasteiger partial charge in [0.25, 0.3) is 5.91 Å². The first-order valence-electron chi connectivity index (χ1n) is 7.74. The zero-order valence-corrected chi connectivity index (χ0v) is 14.9. The second kappa shape index (κ2) is 6.67. The molecule has 0 aliphatic heterocycles. The van der Waals surface area contributed by atoms with E-state index in [0.29, 0.717) is 10.7 Å². The molecule has 5 nitrogen and oxygen atoms in total. The topological polar surface area (TPSA) is 82.8 Å². The lowest BCUT2D eigenvalue weighted by atomic mass is 10.0. The number of carbonyl (C=O) groups is 2. The van der Waals surface area contributed by atoms with Crippen molar-refractivity contribution in [2.24, 2.45) is 5.92 Å². The van der Waals surface area contributed by atoms with Crippen molar-refractivity contribution in [3.05, 3.63) is 59.6 Å². The fourth-order valence-corrected chi connectivity index (χ4v) is 5.13. The summed E-state index contributed by atoms with van der Waals surface area (Å²) in [5.41, 5.74) is 0. The molecule has 0 saturated heterocycles. The maximum absolute atomic E-state index is 12.7. The van der Waals surface area contributed by atoms with Crippen LogP contribution < -0.4 is 5.32 Å². The Morgan fingerprint density at radius 3 is 2.65 bits per heavy atom. The van der Waals surface area contributed by atoms with Gasteiger partial charge in [-0.05, 0) is 24.3 Å². The number of hydrogen-bond donors (Lipinski definition) is 1. The summed E-state index contributed by atoms with van der Waals surface area (Å²) in [6.45, 7) is 0. The van der Waals surface area contributed by atoms with Gasteiger partial charge >= 0.3 is 0 Å². The highest BCUT2D eigenvalue weighted by Crippen LogP contribution is 2.39. The summed E-state index contributed by atoms with van der Waals surface area (Å²) >= 11 is 2.92. The van der Waals surface area contributed by atoms with Crippen molar-refractivity contribution in [1.82, 2.24) is 4.98 Å². The molecule has 3 aromatic heterocycles. The molecular weight excluding hydrogens is 366 g/mol. The van der Waals surface area contributed by atoms with Gasteiger partial charge in [0.15, 0.2) is 11.7 Å². The third-order valence-corrected chi connectivity index (χ3v) is 6.29. The smallest absolute Gasteiger partial charge is 0.250 e. The third kappa shape index (κ3) is 2.86. The van der Waals surface area contributed by atoms with E-state index >= 15 is 0 Å². The van der Waals surface area contributed by atoms with Gasteiger partial charge in [0.2, 0.25) is 0 Å². The van der Waals surface area contributed by atoms with Crippen molar-refractivity contribution in [2.75, 3.05) is 5.32 Å². The highest BCUT2D eigenvalue weighted by Gasteiger charge is 2.29. The average molecular weight is 377 g/mol. The van der Waals surface area contributed by atoms with E-state index in [-0.39, 0.29) is 0 Å². The molecule has 0 bridgehead atoms. The van der Waals surface area contributed by atoms with Crippen molar-refractivity contribution < 1.29 is 9.59 Å². The highest BCUT2D eigenvalue weighted by molar-refractivity contribution is 7.33. The molecule has 3 heterocycles. The number of nitriles is 1. The van der Waals surface area contributed by atoms with E-state index in [9.17, 15) is 14.9 Å². The van der Waals surface area contributed by atoms with Crippen LogP contribution in [0.2, 0.25) is 0 Å². The SMILES string of the molecule is N#C[C@@H](C(=O)Nc1ccccn1)C(=O)c1cc2sc3ccccc3c2s1. The standard InChI is InChI=1S/C19H11N3O2S2/c20-10-12(19(24)22-16-7-3-4-8-21-16)17(23)14-9-15-18(26-14)11-5-1-2-6-13(11)25-15/h1-9,12H,(H,21,22,24)/t12-/m1/s1. The number of ketones is 1. The van der Waals surface area contributed by atoms with Crippen LogP contribution >= 0.6 is 22.7 Å². The second-order valence-corrected chi connectivity index (χ2v) is 7.67. The summed E-state index contributed by atoms with van der Waals surface area (Å²) < 4.78 is 3.15. The Balaban J connectivity index is 1.63. The molecule has 0 spiro atoms. The van der Waals surface area contributed by atoms with Crippen molar-refractivity contribution in [3.63, 3.8) is 0 Å². The number of anilines is 1. The zero-order chi connectivity index (χ0) is 18.1. The number of nitrogens with zero attached hydrogens (tertiary/aromatic N) is 2. The van der Waals surface area contributed by atoms with Gasteiger partial charge in [0.1, 0.15) is 5.82 Å². The van der Waals surface area contributed by atoms with Gasteiger partial charge in [0.05, 0.1) is 15.6 Å². The number of amides is 1. The molecule has 7 heteroatoms. The zero-order valence-electron chi connectivity index (χ0n) is 13.3. The number of nitrogens with one attached hydrogen (secondary N) is 1. The largest absolute Gasteiger partial charge is 0.309 e. The third-order valence-electron chi connectivity index (χ3n) is 3.86. The summed E-state index contributed by atoms with van der Waals surface area (Å²) in [4.78, 5) is 29.5. The first-order valence-corrected chi connectivity index (χ1v) is 9.37. The predicted molar refractivity (Wildman–Crippen MR) is 104 cm³/mol. The van der Waals surface area contributed by atoms with E-state index in [4.69, 9.17) is 0 Å². The van der Waals surface area contributed by atoms with Crippen LogP contribution in [0.5, 0.6) is 0 Å². The van der Waals surface area contributed by atoms with E-state index in [1.807, 2.05) is 30.3 Å². The van der Waals surface area contributed by atoms with Crippen molar-refractivity contribution in [2.45, 2.75) is 0 Å². The normalized spacial score (nSPS) is 12.0. The molecule has 4 aromatic rings. The number of Topliss-reactive ketones (excluding diaryl/α,β-unsaturated/α-hetero) is 1. The number of aromatic nitrogens is 1. The van der Waals surface area contributed by atoms with Gasteiger partial charge < -0.3 is 5.32 Å². The summed E-state index contributed by atoms with van der Waals surface area (Å²) in [6, 6.07) is 16.6. The number of thiophene rings is 2. The maximum atomic E-state index is 12.7. The van der Waals surface area contributed by atoms with Gasteiger partial charge in [0, 0.05) is 21.0 Å². The fourth-order valence-electron chi connectivity index (χ4n) is 2.63.